The van der Waals surface area contributed by atoms with E-state index in [1.165, 1.54) is 0 Å². The second kappa shape index (κ2) is 3.81. The molecule has 0 spiro atoms. The summed E-state index contributed by atoms with van der Waals surface area (Å²) in [4.78, 5) is 14.5. The van der Waals surface area contributed by atoms with Crippen molar-refractivity contribution in [3.8, 4) is 11.8 Å². The zero-order valence-electron chi connectivity index (χ0n) is 7.77. The highest BCUT2D eigenvalue weighted by Crippen LogP contribution is 2.14. The largest absolute Gasteiger partial charge is 0.472 e. The Morgan fingerprint density at radius 1 is 1.27 bits per heavy atom. The monoisotopic (exact) mass is 197 g/mol. The zero-order valence-corrected chi connectivity index (χ0v) is 7.77. The van der Waals surface area contributed by atoms with Gasteiger partial charge in [0, 0.05) is 23.1 Å². The first-order chi connectivity index (χ1) is 7.27. The van der Waals surface area contributed by atoms with Gasteiger partial charge in [0.15, 0.2) is 0 Å². The molecule has 0 radical (unpaired) electrons. The number of aliphatic carboxylic acids is 1. The quantitative estimate of drug-likeness (QED) is 0.653. The number of benzene rings is 1. The first kappa shape index (κ1) is 9.22. The van der Waals surface area contributed by atoms with Crippen LogP contribution in [0.15, 0.2) is 36.5 Å². The average molecular weight is 197 g/mol. The number of carboxylic acids is 1. The van der Waals surface area contributed by atoms with Gasteiger partial charge in [0.1, 0.15) is 0 Å². The van der Waals surface area contributed by atoms with Crippen molar-refractivity contribution in [1.82, 2.24) is 4.98 Å². The summed E-state index contributed by atoms with van der Waals surface area (Å²) in [5, 5.41) is 9.33. The van der Waals surface area contributed by atoms with Crippen LogP contribution in [0.4, 0.5) is 0 Å². The Labute approximate surface area is 86.4 Å². The van der Waals surface area contributed by atoms with Gasteiger partial charge in [-0.2, -0.15) is 0 Å². The maximum absolute atomic E-state index is 10.3. The van der Waals surface area contributed by atoms with Crippen molar-refractivity contribution < 1.29 is 9.90 Å². The van der Waals surface area contributed by atoms with E-state index in [0.29, 0.717) is 5.56 Å². The molecule has 0 saturated carbocycles. The van der Waals surface area contributed by atoms with Crippen molar-refractivity contribution in [2.24, 2.45) is 0 Å². The lowest BCUT2D eigenvalue weighted by Crippen LogP contribution is -1.88. The number of pyridine rings is 1. The van der Waals surface area contributed by atoms with E-state index >= 15 is 0 Å². The van der Waals surface area contributed by atoms with Gasteiger partial charge in [-0.1, -0.05) is 24.1 Å². The highest BCUT2D eigenvalue weighted by Gasteiger charge is 1.97. The van der Waals surface area contributed by atoms with Crippen LogP contribution in [0.5, 0.6) is 0 Å². The molecule has 1 aromatic carbocycles. The van der Waals surface area contributed by atoms with Crippen LogP contribution in [-0.2, 0) is 4.79 Å². The van der Waals surface area contributed by atoms with Gasteiger partial charge in [-0.25, -0.2) is 4.79 Å². The Morgan fingerprint density at radius 2 is 2.07 bits per heavy atom. The van der Waals surface area contributed by atoms with Crippen LogP contribution >= 0.6 is 0 Å². The highest BCUT2D eigenvalue weighted by molar-refractivity contribution is 5.90. The van der Waals surface area contributed by atoms with Gasteiger partial charge in [0.05, 0.1) is 5.52 Å². The Bertz CT molecular complexity index is 573. The van der Waals surface area contributed by atoms with E-state index < -0.39 is 5.97 Å². The topological polar surface area (TPSA) is 50.2 Å². The molecular weight excluding hydrogens is 190 g/mol. The molecule has 2 rings (SSSR count). The highest BCUT2D eigenvalue weighted by atomic mass is 16.4. The molecule has 1 heterocycles. The molecule has 0 aliphatic heterocycles. The van der Waals surface area contributed by atoms with Crippen LogP contribution in [0.1, 0.15) is 5.56 Å². The lowest BCUT2D eigenvalue weighted by Gasteiger charge is -1.97. The number of aromatic nitrogens is 1. The summed E-state index contributed by atoms with van der Waals surface area (Å²) in [6, 6.07) is 9.19. The van der Waals surface area contributed by atoms with Gasteiger partial charge < -0.3 is 5.11 Å². The van der Waals surface area contributed by atoms with Crippen LogP contribution < -0.4 is 0 Å². The summed E-state index contributed by atoms with van der Waals surface area (Å²) in [7, 11) is 0. The van der Waals surface area contributed by atoms with Crippen LogP contribution in [0, 0.1) is 11.8 Å². The number of nitrogens with zero attached hydrogens (tertiary/aromatic N) is 1. The van der Waals surface area contributed by atoms with E-state index in [1.807, 2.05) is 24.3 Å². The van der Waals surface area contributed by atoms with Crippen molar-refractivity contribution in [3.05, 3.63) is 42.1 Å². The van der Waals surface area contributed by atoms with Crippen molar-refractivity contribution in [2.75, 3.05) is 0 Å². The average Bonchev–Trinajstić information content (AvgIpc) is 2.26. The van der Waals surface area contributed by atoms with Crippen LogP contribution in [0.25, 0.3) is 10.9 Å². The third-order valence-corrected chi connectivity index (χ3v) is 1.95. The molecule has 0 saturated heterocycles. The second-order valence-electron chi connectivity index (χ2n) is 2.93. The van der Waals surface area contributed by atoms with Crippen LogP contribution in [-0.4, -0.2) is 16.1 Å². The first-order valence-corrected chi connectivity index (χ1v) is 4.36. The van der Waals surface area contributed by atoms with Crippen molar-refractivity contribution in [1.29, 1.82) is 0 Å². The molecule has 0 aliphatic rings. The van der Waals surface area contributed by atoms with E-state index in [9.17, 15) is 4.79 Å². The summed E-state index contributed by atoms with van der Waals surface area (Å²) in [6.07, 6.45) is 1.62. The van der Waals surface area contributed by atoms with E-state index in [1.54, 1.807) is 12.3 Å². The molecule has 0 amide bonds. The third kappa shape index (κ3) is 1.94. The molecule has 72 valence electrons. The van der Waals surface area contributed by atoms with Crippen molar-refractivity contribution >= 4 is 16.9 Å². The predicted octanol–water partition coefficient (Wildman–Crippen LogP) is 1.67. The number of carbonyl (C=O) groups is 1. The molecule has 0 atom stereocenters. The lowest BCUT2D eigenvalue weighted by molar-refractivity contribution is -0.130. The molecule has 3 heteroatoms. The maximum atomic E-state index is 10.3. The molecule has 0 fully saturated rings. The molecule has 1 N–H and O–H groups in total. The van der Waals surface area contributed by atoms with Gasteiger partial charge in [-0.15, -0.1) is 0 Å². The minimum absolute atomic E-state index is 0.683. The number of fused-ring (bicyclic) bond motifs is 1. The number of rotatable bonds is 0. The number of carboxylic acid groups (broad SMARTS) is 1. The molecule has 0 unspecified atom stereocenters. The van der Waals surface area contributed by atoms with Gasteiger partial charge in [-0.05, 0) is 12.1 Å². The van der Waals surface area contributed by atoms with Gasteiger partial charge in [-0.3, -0.25) is 4.98 Å². The normalized spacial score (nSPS) is 9.33. The lowest BCUT2D eigenvalue weighted by atomic mass is 10.1. The zero-order chi connectivity index (χ0) is 10.7. The summed E-state index contributed by atoms with van der Waals surface area (Å²) >= 11 is 0. The summed E-state index contributed by atoms with van der Waals surface area (Å²) in [5.41, 5.74) is 1.50. The Morgan fingerprint density at radius 3 is 2.87 bits per heavy atom. The van der Waals surface area contributed by atoms with E-state index in [0.717, 1.165) is 10.9 Å². The Balaban J connectivity index is 2.63. The van der Waals surface area contributed by atoms with Crippen LogP contribution in [0.3, 0.4) is 0 Å². The summed E-state index contributed by atoms with van der Waals surface area (Å²) in [6.45, 7) is 0. The fourth-order valence-corrected chi connectivity index (χ4v) is 1.33. The fourth-order valence-electron chi connectivity index (χ4n) is 1.33. The summed E-state index contributed by atoms with van der Waals surface area (Å²) < 4.78 is 0. The molecule has 1 aromatic heterocycles. The predicted molar refractivity (Wildman–Crippen MR) is 56.3 cm³/mol. The molecule has 3 nitrogen and oxygen atoms in total. The fraction of sp³-hybridized carbons (Fsp3) is 0. The van der Waals surface area contributed by atoms with E-state index in [4.69, 9.17) is 5.11 Å². The second-order valence-corrected chi connectivity index (χ2v) is 2.93. The van der Waals surface area contributed by atoms with Crippen molar-refractivity contribution in [3.63, 3.8) is 0 Å². The van der Waals surface area contributed by atoms with Crippen molar-refractivity contribution in [2.45, 2.75) is 0 Å². The minimum Gasteiger partial charge on any atom is -0.472 e. The Kier molecular flexibility index (Phi) is 2.34. The van der Waals surface area contributed by atoms with Gasteiger partial charge in [0.25, 0.3) is 0 Å². The minimum atomic E-state index is -1.13. The number of para-hydroxylation sites is 1. The number of hydrogen-bond acceptors (Lipinski definition) is 2. The summed E-state index contributed by atoms with van der Waals surface area (Å²) in [5.74, 6) is 3.56. The molecule has 0 aliphatic carbocycles. The number of hydrogen-bond donors (Lipinski definition) is 1. The Hall–Kier alpha value is -2.34. The standard InChI is InChI=1S/C12H7NO2/c14-12(15)6-5-9-7-8-13-11-4-2-1-3-10(9)11/h1-4,7-8H,(H,14,15). The van der Waals surface area contributed by atoms with E-state index in [2.05, 4.69) is 16.8 Å². The van der Waals surface area contributed by atoms with E-state index in [-0.39, 0.29) is 0 Å². The maximum Gasteiger partial charge on any atom is 0.382 e. The molecule has 0 bridgehead atoms. The SMILES string of the molecule is O=C(O)C#Cc1ccnc2ccccc12. The first-order valence-electron chi connectivity index (χ1n) is 4.36. The third-order valence-electron chi connectivity index (χ3n) is 1.95. The molecule has 15 heavy (non-hydrogen) atoms. The molecular formula is C12H7NO2. The smallest absolute Gasteiger partial charge is 0.382 e. The van der Waals surface area contributed by atoms with Gasteiger partial charge in [0.2, 0.25) is 0 Å². The van der Waals surface area contributed by atoms with Crippen LogP contribution in [0.2, 0.25) is 0 Å². The molecule has 2 aromatic rings. The van der Waals surface area contributed by atoms with Gasteiger partial charge >= 0.3 is 5.97 Å².